The summed E-state index contributed by atoms with van der Waals surface area (Å²) >= 11 is 0. The number of aryl methyl sites for hydroxylation is 3. The van der Waals surface area contributed by atoms with E-state index in [9.17, 15) is 19.7 Å². The molecular formula is C35H34N3O7+. The number of rotatable bonds is 8. The Hall–Kier alpha value is -5.51. The molecule has 45 heavy (non-hydrogen) atoms. The number of carbonyl (C=O) groups is 2. The summed E-state index contributed by atoms with van der Waals surface area (Å²) < 4.78 is 16.7. The van der Waals surface area contributed by atoms with E-state index in [2.05, 4.69) is 24.0 Å². The largest absolute Gasteiger partial charge is 0.513 e. The number of nitro groups is 1. The highest BCUT2D eigenvalue weighted by atomic mass is 16.7. The van der Waals surface area contributed by atoms with Crippen molar-refractivity contribution >= 4 is 28.7 Å². The summed E-state index contributed by atoms with van der Waals surface area (Å²) in [7, 11) is 1.64. The van der Waals surface area contributed by atoms with E-state index >= 15 is 0 Å². The third-order valence-corrected chi connectivity index (χ3v) is 7.72. The molecule has 1 amide bonds. The molecule has 0 saturated heterocycles. The fourth-order valence-corrected chi connectivity index (χ4v) is 5.19. The van der Waals surface area contributed by atoms with Crippen molar-refractivity contribution in [2.24, 2.45) is 0 Å². The lowest BCUT2D eigenvalue weighted by atomic mass is 9.88. The fourth-order valence-electron chi connectivity index (χ4n) is 5.19. The molecule has 1 heterocycles. The number of hydrogen-bond acceptors (Lipinski definition) is 7. The predicted octanol–water partition coefficient (Wildman–Crippen LogP) is 5.33. The highest BCUT2D eigenvalue weighted by molar-refractivity contribution is 6.09. The number of nitro benzene ring substituents is 1. The van der Waals surface area contributed by atoms with Crippen molar-refractivity contribution in [3.8, 4) is 28.2 Å². The summed E-state index contributed by atoms with van der Waals surface area (Å²) in [6.45, 7) is 8.96. The molecule has 3 aromatic rings. The van der Waals surface area contributed by atoms with Gasteiger partial charge in [0.25, 0.3) is 11.6 Å². The van der Waals surface area contributed by atoms with E-state index in [-0.39, 0.29) is 30.5 Å². The fraction of sp³-hybridized carbons (Fsp3) is 0.229. The monoisotopic (exact) mass is 608 g/mol. The highest BCUT2D eigenvalue weighted by Gasteiger charge is 2.24. The first kappa shape index (κ1) is 30.9. The van der Waals surface area contributed by atoms with Crippen LogP contribution in [0.25, 0.3) is 33.4 Å². The second kappa shape index (κ2) is 13.0. The molecule has 10 nitrogen and oxygen atoms in total. The van der Waals surface area contributed by atoms with Gasteiger partial charge in [-0.05, 0) is 80.8 Å². The van der Waals surface area contributed by atoms with E-state index in [1.807, 2.05) is 51.1 Å². The van der Waals surface area contributed by atoms with E-state index in [4.69, 9.17) is 13.9 Å². The molecule has 2 aliphatic rings. The minimum Gasteiger partial charge on any atom is -0.456 e. The third kappa shape index (κ3) is 6.54. The van der Waals surface area contributed by atoms with Gasteiger partial charge < -0.3 is 18.8 Å². The van der Waals surface area contributed by atoms with Crippen LogP contribution in [-0.4, -0.2) is 48.6 Å². The maximum atomic E-state index is 13.9. The van der Waals surface area contributed by atoms with Crippen LogP contribution >= 0.6 is 0 Å². The van der Waals surface area contributed by atoms with Crippen LogP contribution in [0.3, 0.4) is 0 Å². The molecule has 0 saturated carbocycles. The zero-order chi connectivity index (χ0) is 32.2. The topological polar surface area (TPSA) is 126 Å². The van der Waals surface area contributed by atoms with E-state index < -0.39 is 11.1 Å². The molecule has 0 unspecified atom stereocenters. The second-order valence-electron chi connectivity index (χ2n) is 10.8. The Morgan fingerprint density at radius 2 is 1.64 bits per heavy atom. The molecule has 0 atom stereocenters. The van der Waals surface area contributed by atoms with Crippen LogP contribution in [0, 0.1) is 30.9 Å². The number of fused-ring (bicyclic) bond motifs is 2. The number of nitrogens with zero attached hydrogens (tertiary/aromatic N) is 2. The number of non-ortho nitro benzene ring substituents is 1. The van der Waals surface area contributed by atoms with Gasteiger partial charge in [-0.3, -0.25) is 14.9 Å². The van der Waals surface area contributed by atoms with Gasteiger partial charge in [0.2, 0.25) is 5.36 Å². The van der Waals surface area contributed by atoms with Gasteiger partial charge in [-0.2, -0.15) is 0 Å². The number of hydrogen-bond donors (Lipinski definition) is 1. The van der Waals surface area contributed by atoms with Crippen molar-refractivity contribution in [2.45, 2.75) is 27.7 Å². The molecule has 0 spiro atoms. The van der Waals surface area contributed by atoms with Crippen molar-refractivity contribution in [3.05, 3.63) is 111 Å². The third-order valence-electron chi connectivity index (χ3n) is 7.72. The first-order chi connectivity index (χ1) is 21.6. The smallest absolute Gasteiger partial charge is 0.456 e. The minimum atomic E-state index is -0.978. The molecule has 10 heteroatoms. The second-order valence-corrected chi connectivity index (χ2v) is 10.8. The van der Waals surface area contributed by atoms with E-state index in [0.717, 1.165) is 56.3 Å². The van der Waals surface area contributed by atoms with Gasteiger partial charge in [0.15, 0.2) is 0 Å². The first-order valence-corrected chi connectivity index (χ1v) is 14.6. The summed E-state index contributed by atoms with van der Waals surface area (Å²) in [5.74, 6) is 0.568. The average Bonchev–Trinajstić information content (AvgIpc) is 3.01. The Morgan fingerprint density at radius 1 is 0.933 bits per heavy atom. The summed E-state index contributed by atoms with van der Waals surface area (Å²) in [6.07, 6.45) is -0.978. The number of benzene rings is 4. The Kier molecular flexibility index (Phi) is 8.94. The molecule has 1 aliphatic carbocycles. The van der Waals surface area contributed by atoms with Gasteiger partial charge in [-0.25, -0.2) is 9.79 Å². The lowest BCUT2D eigenvalue weighted by Gasteiger charge is -2.22. The van der Waals surface area contributed by atoms with E-state index in [1.165, 1.54) is 29.2 Å². The first-order valence-electron chi connectivity index (χ1n) is 14.6. The highest BCUT2D eigenvalue weighted by Crippen LogP contribution is 2.42. The molecular weight excluding hydrogens is 574 g/mol. The van der Waals surface area contributed by atoms with Gasteiger partial charge >= 0.3 is 6.16 Å². The van der Waals surface area contributed by atoms with E-state index in [1.54, 1.807) is 13.1 Å². The number of likely N-dealkylation sites (N-methyl/N-ethyl adjacent to an activating group) is 1. The maximum Gasteiger partial charge on any atom is 0.513 e. The van der Waals surface area contributed by atoms with Crippen LogP contribution in [0.5, 0.6) is 5.75 Å². The van der Waals surface area contributed by atoms with Crippen LogP contribution in [0.4, 0.5) is 10.5 Å². The lowest BCUT2D eigenvalue weighted by molar-refractivity contribution is -0.496. The Labute approximate surface area is 260 Å². The van der Waals surface area contributed by atoms with Crippen LogP contribution < -0.4 is 15.1 Å². The zero-order valence-electron chi connectivity index (χ0n) is 25.8. The summed E-state index contributed by atoms with van der Waals surface area (Å²) in [5.41, 5.74) is 6.92. The Balaban J connectivity index is 1.44. The summed E-state index contributed by atoms with van der Waals surface area (Å²) in [4.78, 5) is 41.2. The molecule has 0 bridgehead atoms. The molecule has 5 rings (SSSR count). The molecule has 3 aromatic carbocycles. The number of carbonyl (C=O) groups excluding carboxylic acids is 2. The molecule has 0 radical (unpaired) electrons. The van der Waals surface area contributed by atoms with Crippen molar-refractivity contribution in [1.29, 1.82) is 0 Å². The molecule has 1 aliphatic heterocycles. The zero-order valence-corrected chi connectivity index (χ0v) is 25.8. The molecule has 230 valence electrons. The SMILES string of the molecule is CC[NH+]=c1cc2oc3cc(C)c(C)cc3c(-c3ccccc3C(=O)N(C)CCOC(=O)Oc3ccc([N+](=O)[O-])cc3)c-2cc1C. The normalized spacial score (nSPS) is 11.5. The standard InChI is InChI=1S/C35H33N3O7/c1-6-36-30-20-32-29(18-23(30)4)33(28-17-21(2)22(3)19-31(28)45-32)26-9-7-8-10-27(26)34(39)37(5)15-16-43-35(40)44-25-13-11-24(12-14-25)38(41)42/h7-14,17-20H,6,15-16H2,1-5H3/p+1. The predicted molar refractivity (Wildman–Crippen MR) is 169 cm³/mol. The van der Waals surface area contributed by atoms with Crippen molar-refractivity contribution in [1.82, 2.24) is 4.90 Å². The molecule has 0 fully saturated rings. The number of nitrogens with one attached hydrogen (secondary N) is 1. The average molecular weight is 609 g/mol. The van der Waals surface area contributed by atoms with Crippen LogP contribution in [0.2, 0.25) is 0 Å². The minimum absolute atomic E-state index is 0.108. The molecule has 0 aromatic heterocycles. The Bertz CT molecular complexity index is 1960. The van der Waals surface area contributed by atoms with Crippen molar-refractivity contribution in [2.75, 3.05) is 26.7 Å². The van der Waals surface area contributed by atoms with Crippen molar-refractivity contribution < 1.29 is 33.4 Å². The summed E-state index contributed by atoms with van der Waals surface area (Å²) in [5, 5.41) is 12.7. The van der Waals surface area contributed by atoms with Crippen molar-refractivity contribution in [3.63, 3.8) is 0 Å². The number of ether oxygens (including phenoxy) is 2. The van der Waals surface area contributed by atoms with E-state index in [0.29, 0.717) is 11.3 Å². The maximum absolute atomic E-state index is 13.9. The lowest BCUT2D eigenvalue weighted by Crippen LogP contribution is -2.76. The van der Waals surface area contributed by atoms with Crippen LogP contribution in [0.15, 0.2) is 77.2 Å². The number of amides is 1. The van der Waals surface area contributed by atoms with Crippen LogP contribution in [0.1, 0.15) is 34.0 Å². The van der Waals surface area contributed by atoms with Gasteiger partial charge in [0.05, 0.1) is 17.5 Å². The van der Waals surface area contributed by atoms with Gasteiger partial charge in [-0.15, -0.1) is 0 Å². The van der Waals surface area contributed by atoms with Gasteiger partial charge in [0, 0.05) is 46.8 Å². The van der Waals surface area contributed by atoms with Crippen LogP contribution in [-0.2, 0) is 4.74 Å². The quantitative estimate of drug-likeness (QED) is 0.0830. The Morgan fingerprint density at radius 3 is 2.36 bits per heavy atom. The van der Waals surface area contributed by atoms with Gasteiger partial charge in [0.1, 0.15) is 30.2 Å². The summed E-state index contributed by atoms with van der Waals surface area (Å²) in [6, 6.07) is 20.8. The van der Waals surface area contributed by atoms with Gasteiger partial charge in [-0.1, -0.05) is 18.2 Å². The molecule has 1 N–H and O–H groups in total.